The van der Waals surface area contributed by atoms with Gasteiger partial charge in [0.1, 0.15) is 11.6 Å². The van der Waals surface area contributed by atoms with Crippen LogP contribution in [0.25, 0.3) is 0 Å². The minimum Gasteiger partial charge on any atom is -0.495 e. The van der Waals surface area contributed by atoms with Crippen LogP contribution in [0, 0.1) is 12.7 Å². The summed E-state index contributed by atoms with van der Waals surface area (Å²) in [5.41, 5.74) is 1.76. The third kappa shape index (κ3) is 5.69. The van der Waals surface area contributed by atoms with Gasteiger partial charge in [-0.05, 0) is 36.6 Å². The van der Waals surface area contributed by atoms with Crippen LogP contribution in [0.1, 0.15) is 18.1 Å². The summed E-state index contributed by atoms with van der Waals surface area (Å²) in [5, 5.41) is 3.26. The lowest BCUT2D eigenvalue weighted by molar-refractivity contribution is -0.132. The molecule has 2 rings (SSSR count). The van der Waals surface area contributed by atoms with Crippen LogP contribution >= 0.6 is 11.6 Å². The molecule has 1 N–H and O–H groups in total. The number of anilines is 1. The highest BCUT2D eigenvalue weighted by Gasteiger charge is 2.16. The average Bonchev–Trinajstić information content (AvgIpc) is 2.62. The summed E-state index contributed by atoms with van der Waals surface area (Å²) >= 11 is 6.06. The van der Waals surface area contributed by atoms with Gasteiger partial charge < -0.3 is 15.0 Å². The first kappa shape index (κ1) is 20.7. The van der Waals surface area contributed by atoms with Crippen molar-refractivity contribution in [3.63, 3.8) is 0 Å². The van der Waals surface area contributed by atoms with Gasteiger partial charge in [-0.15, -0.1) is 0 Å². The van der Waals surface area contributed by atoms with E-state index in [4.69, 9.17) is 16.3 Å². The summed E-state index contributed by atoms with van der Waals surface area (Å²) in [6.07, 6.45) is 0.322. The van der Waals surface area contributed by atoms with E-state index in [2.05, 4.69) is 5.32 Å². The first-order valence-corrected chi connectivity index (χ1v) is 8.82. The van der Waals surface area contributed by atoms with E-state index in [-0.39, 0.29) is 30.7 Å². The Labute approximate surface area is 163 Å². The summed E-state index contributed by atoms with van der Waals surface area (Å²) in [5.74, 6) is -0.536. The largest absolute Gasteiger partial charge is 0.495 e. The fraction of sp³-hybridized carbons (Fsp3) is 0.300. The second-order valence-electron chi connectivity index (χ2n) is 6.13. The molecule has 0 fully saturated rings. The van der Waals surface area contributed by atoms with Crippen LogP contribution in [0.15, 0.2) is 36.4 Å². The second kappa shape index (κ2) is 9.37. The molecule has 0 aliphatic carbocycles. The van der Waals surface area contributed by atoms with E-state index in [0.717, 1.165) is 5.56 Å². The van der Waals surface area contributed by atoms with Gasteiger partial charge in [-0.2, -0.15) is 0 Å². The average molecular weight is 393 g/mol. The van der Waals surface area contributed by atoms with Gasteiger partial charge in [0.25, 0.3) is 0 Å². The first-order chi connectivity index (χ1) is 12.8. The molecule has 0 saturated carbocycles. The highest BCUT2D eigenvalue weighted by molar-refractivity contribution is 6.31. The van der Waals surface area contributed by atoms with Gasteiger partial charge in [-0.1, -0.05) is 29.8 Å². The maximum absolute atomic E-state index is 13.7. The predicted molar refractivity (Wildman–Crippen MR) is 104 cm³/mol. The molecule has 2 aromatic carbocycles. The zero-order valence-electron chi connectivity index (χ0n) is 15.5. The van der Waals surface area contributed by atoms with Crippen molar-refractivity contribution in [1.82, 2.24) is 4.90 Å². The van der Waals surface area contributed by atoms with Crippen LogP contribution in [0.4, 0.5) is 10.1 Å². The number of methoxy groups -OCH3 is 1. The van der Waals surface area contributed by atoms with E-state index in [0.29, 0.717) is 28.4 Å². The van der Waals surface area contributed by atoms with Crippen molar-refractivity contribution in [2.45, 2.75) is 20.3 Å². The minimum atomic E-state index is -0.376. The molecule has 5 nitrogen and oxygen atoms in total. The number of nitrogens with one attached hydrogen (secondary N) is 1. The molecule has 0 aliphatic rings. The number of hydrogen-bond acceptors (Lipinski definition) is 3. The fourth-order valence-electron chi connectivity index (χ4n) is 2.60. The molecule has 0 aliphatic heterocycles. The Morgan fingerprint density at radius 3 is 2.59 bits per heavy atom. The number of aryl methyl sites for hydroxylation is 1. The van der Waals surface area contributed by atoms with Gasteiger partial charge in [0.15, 0.2) is 0 Å². The van der Waals surface area contributed by atoms with E-state index >= 15 is 0 Å². The van der Waals surface area contributed by atoms with Gasteiger partial charge in [0, 0.05) is 24.6 Å². The van der Waals surface area contributed by atoms with Crippen LogP contribution in [0.2, 0.25) is 5.02 Å². The molecule has 0 radical (unpaired) electrons. The fourth-order valence-corrected chi connectivity index (χ4v) is 2.75. The van der Waals surface area contributed by atoms with Gasteiger partial charge in [0.05, 0.1) is 19.3 Å². The van der Waals surface area contributed by atoms with Crippen molar-refractivity contribution in [1.29, 1.82) is 0 Å². The third-order valence-electron chi connectivity index (χ3n) is 4.14. The number of carbonyl (C=O) groups is 2. The van der Waals surface area contributed by atoms with Crippen molar-refractivity contribution in [3.8, 4) is 5.75 Å². The van der Waals surface area contributed by atoms with Gasteiger partial charge >= 0.3 is 0 Å². The number of ether oxygens (including phenoxy) is 1. The van der Waals surface area contributed by atoms with Crippen molar-refractivity contribution in [2.75, 3.05) is 25.5 Å². The zero-order valence-corrected chi connectivity index (χ0v) is 16.3. The molecule has 0 atom stereocenters. The molecule has 0 saturated heterocycles. The van der Waals surface area contributed by atoms with Crippen LogP contribution in [-0.4, -0.2) is 36.9 Å². The Morgan fingerprint density at radius 2 is 1.96 bits per heavy atom. The normalized spacial score (nSPS) is 10.4. The zero-order chi connectivity index (χ0) is 20.0. The predicted octanol–water partition coefficient (Wildman–Crippen LogP) is 3.83. The monoisotopic (exact) mass is 392 g/mol. The molecule has 0 unspecified atom stereocenters. The summed E-state index contributed by atoms with van der Waals surface area (Å²) in [6.45, 7) is 3.28. The number of benzene rings is 2. The van der Waals surface area contributed by atoms with Crippen molar-refractivity contribution < 1.29 is 18.7 Å². The van der Waals surface area contributed by atoms with E-state index in [1.165, 1.54) is 25.0 Å². The number of hydrogen-bond donors (Lipinski definition) is 1. The summed E-state index contributed by atoms with van der Waals surface area (Å²) in [7, 11) is 1.48. The molecule has 27 heavy (non-hydrogen) atoms. The molecular formula is C20H22ClFN2O3. The number of carbonyl (C=O) groups excluding carboxylic acids is 2. The van der Waals surface area contributed by atoms with Gasteiger partial charge in [-0.3, -0.25) is 9.59 Å². The van der Waals surface area contributed by atoms with Crippen LogP contribution in [0.5, 0.6) is 5.75 Å². The lowest BCUT2D eigenvalue weighted by atomic mass is 10.1. The van der Waals surface area contributed by atoms with E-state index < -0.39 is 0 Å². The molecule has 2 amide bonds. The molecule has 2 aromatic rings. The summed E-state index contributed by atoms with van der Waals surface area (Å²) < 4.78 is 19.0. The summed E-state index contributed by atoms with van der Waals surface area (Å²) in [6, 6.07) is 9.70. The Morgan fingerprint density at radius 1 is 1.26 bits per heavy atom. The molecule has 7 heteroatoms. The van der Waals surface area contributed by atoms with Crippen LogP contribution < -0.4 is 10.1 Å². The van der Waals surface area contributed by atoms with Gasteiger partial charge in [0.2, 0.25) is 11.8 Å². The number of amides is 2. The first-order valence-electron chi connectivity index (χ1n) is 8.44. The van der Waals surface area contributed by atoms with Gasteiger partial charge in [-0.25, -0.2) is 4.39 Å². The maximum Gasteiger partial charge on any atom is 0.244 e. The van der Waals surface area contributed by atoms with Crippen molar-refractivity contribution >= 4 is 29.1 Å². The van der Waals surface area contributed by atoms with E-state index in [1.54, 1.807) is 30.3 Å². The minimum absolute atomic E-state index is 0.144. The molecule has 0 bridgehead atoms. The van der Waals surface area contributed by atoms with Crippen LogP contribution in [-0.2, 0) is 16.0 Å². The van der Waals surface area contributed by atoms with E-state index in [9.17, 15) is 14.0 Å². The number of rotatable bonds is 7. The summed E-state index contributed by atoms with van der Waals surface area (Å²) in [4.78, 5) is 25.6. The Kier molecular flexibility index (Phi) is 7.19. The number of halogens is 2. The Hall–Kier alpha value is -2.60. The van der Waals surface area contributed by atoms with Crippen molar-refractivity contribution in [2.24, 2.45) is 0 Å². The SMILES string of the molecule is COc1cc(Cl)c(C)cc1NC(=O)CN(CCc1ccccc1F)C(C)=O. The second-order valence-corrected chi connectivity index (χ2v) is 6.54. The Bertz CT molecular complexity index is 842. The topological polar surface area (TPSA) is 58.6 Å². The lowest BCUT2D eigenvalue weighted by Crippen LogP contribution is -2.38. The van der Waals surface area contributed by atoms with E-state index in [1.807, 2.05) is 6.92 Å². The standard InChI is InChI=1S/C20H22ClFN2O3/c1-13-10-18(19(27-3)11-16(13)21)23-20(26)12-24(14(2)25)9-8-15-6-4-5-7-17(15)22/h4-7,10-11H,8-9,12H2,1-3H3,(H,23,26). The Balaban J connectivity index is 2.04. The maximum atomic E-state index is 13.7. The quantitative estimate of drug-likeness (QED) is 0.779. The number of nitrogens with zero attached hydrogens (tertiary/aromatic N) is 1. The highest BCUT2D eigenvalue weighted by atomic mass is 35.5. The molecule has 144 valence electrons. The van der Waals surface area contributed by atoms with Crippen LogP contribution in [0.3, 0.4) is 0 Å². The molecule has 0 aromatic heterocycles. The lowest BCUT2D eigenvalue weighted by Gasteiger charge is -2.21. The van der Waals surface area contributed by atoms with Crippen molar-refractivity contribution in [3.05, 3.63) is 58.4 Å². The highest BCUT2D eigenvalue weighted by Crippen LogP contribution is 2.30. The molecule has 0 spiro atoms. The smallest absolute Gasteiger partial charge is 0.244 e. The molecular weight excluding hydrogens is 371 g/mol. The third-order valence-corrected chi connectivity index (χ3v) is 4.55. The molecule has 0 heterocycles.